The summed E-state index contributed by atoms with van der Waals surface area (Å²) >= 11 is 0. The number of anilines is 1. The Kier molecular flexibility index (Phi) is 8.62. The fourth-order valence-corrected chi connectivity index (χ4v) is 7.35. The van der Waals surface area contributed by atoms with E-state index >= 15 is 0 Å². The Morgan fingerprint density at radius 2 is 0.872 bits per heavy atom. The second kappa shape index (κ2) is 12.5. The molecule has 47 heavy (non-hydrogen) atoms. The summed E-state index contributed by atoms with van der Waals surface area (Å²) in [5.41, 5.74) is 6.23. The van der Waals surface area contributed by atoms with Gasteiger partial charge in [0.05, 0.1) is 11.1 Å². The van der Waals surface area contributed by atoms with Crippen LogP contribution in [-0.2, 0) is 0 Å². The Labute approximate surface area is 283 Å². The lowest BCUT2D eigenvalue weighted by molar-refractivity contribution is 0.187. The highest BCUT2D eigenvalue weighted by Crippen LogP contribution is 2.54. The van der Waals surface area contributed by atoms with Crippen LogP contribution < -0.4 is 4.90 Å². The molecule has 1 nitrogen and oxygen atoms in total. The molecule has 2 aliphatic rings. The van der Waals surface area contributed by atoms with Gasteiger partial charge in [0.1, 0.15) is 0 Å². The molecule has 0 heterocycles. The van der Waals surface area contributed by atoms with Crippen molar-refractivity contribution in [2.24, 2.45) is 10.8 Å². The highest BCUT2D eigenvalue weighted by molar-refractivity contribution is 5.71. The lowest BCUT2D eigenvalue weighted by Crippen LogP contribution is -2.68. The molecule has 4 aromatic rings. The summed E-state index contributed by atoms with van der Waals surface area (Å²) in [4.78, 5) is 2.72. The van der Waals surface area contributed by atoms with Crippen molar-refractivity contribution >= 4 is 11.8 Å². The van der Waals surface area contributed by atoms with Gasteiger partial charge in [-0.25, -0.2) is 0 Å². The van der Waals surface area contributed by atoms with Gasteiger partial charge in [-0.1, -0.05) is 200 Å². The largest absolute Gasteiger partial charge is 0.345 e. The van der Waals surface area contributed by atoms with Gasteiger partial charge in [0, 0.05) is 17.5 Å². The Balaban J connectivity index is 1.52. The third kappa shape index (κ3) is 6.00. The van der Waals surface area contributed by atoms with Crippen LogP contribution >= 0.6 is 0 Å². The topological polar surface area (TPSA) is 3.24 Å². The number of allylic oxidation sites excluding steroid dienone is 4. The van der Waals surface area contributed by atoms with Gasteiger partial charge in [0.25, 0.3) is 0 Å². The summed E-state index contributed by atoms with van der Waals surface area (Å²) in [6.07, 6.45) is 21.5. The van der Waals surface area contributed by atoms with Gasteiger partial charge in [0.15, 0.2) is 0 Å². The quantitative estimate of drug-likeness (QED) is 0.187. The fraction of sp³-hybridized carbons (Fsp3) is 0.261. The zero-order valence-corrected chi connectivity index (χ0v) is 28.9. The second-order valence-electron chi connectivity index (χ2n) is 15.2. The number of hydrogen-bond donors (Lipinski definition) is 0. The molecule has 2 aliphatic carbocycles. The van der Waals surface area contributed by atoms with Crippen molar-refractivity contribution in [2.45, 2.75) is 64.5 Å². The van der Waals surface area contributed by atoms with E-state index in [0.717, 1.165) is 5.56 Å². The third-order valence-electron chi connectivity index (χ3n) is 10.3. The molecule has 238 valence electrons. The van der Waals surface area contributed by atoms with E-state index in [2.05, 4.69) is 211 Å². The zero-order chi connectivity index (χ0) is 33.3. The minimum absolute atomic E-state index is 0.142. The van der Waals surface area contributed by atoms with E-state index in [0.29, 0.717) is 0 Å². The summed E-state index contributed by atoms with van der Waals surface area (Å²) in [6.45, 7) is 18.2. The van der Waals surface area contributed by atoms with E-state index in [1.54, 1.807) is 0 Å². The van der Waals surface area contributed by atoms with Crippen molar-refractivity contribution in [1.29, 1.82) is 0 Å². The summed E-state index contributed by atoms with van der Waals surface area (Å²) in [5.74, 6) is 0.472. The molecular formula is C46H49N. The lowest BCUT2D eigenvalue weighted by Gasteiger charge is -2.62. The SMILES string of the molecule is C=Cc1ccc(-c2ccc(N(C3(C(C)(C)C)C=CC(c4ccccc4)C=C3)C3(C(C)(C)C)C=CC(c4ccccc4)C=C3)cc2)cc1. The third-order valence-corrected chi connectivity index (χ3v) is 10.3. The van der Waals surface area contributed by atoms with Crippen molar-refractivity contribution in [3.8, 4) is 11.1 Å². The van der Waals surface area contributed by atoms with Crippen molar-refractivity contribution < 1.29 is 0 Å². The van der Waals surface area contributed by atoms with E-state index in [4.69, 9.17) is 0 Å². The molecule has 4 aromatic carbocycles. The van der Waals surface area contributed by atoms with E-state index in [-0.39, 0.29) is 22.7 Å². The summed E-state index contributed by atoms with van der Waals surface area (Å²) < 4.78 is 0. The molecule has 6 rings (SSSR count). The number of nitrogens with zero attached hydrogens (tertiary/aromatic N) is 1. The van der Waals surface area contributed by atoms with Crippen molar-refractivity contribution in [1.82, 2.24) is 0 Å². The van der Waals surface area contributed by atoms with Gasteiger partial charge < -0.3 is 4.90 Å². The summed E-state index contributed by atoms with van der Waals surface area (Å²) in [5, 5.41) is 0. The lowest BCUT2D eigenvalue weighted by atomic mass is 9.62. The normalized spacial score (nSPS) is 23.9. The Morgan fingerprint density at radius 1 is 0.511 bits per heavy atom. The highest BCUT2D eigenvalue weighted by Gasteiger charge is 2.55. The second-order valence-corrected chi connectivity index (χ2v) is 15.2. The minimum atomic E-state index is -0.424. The maximum absolute atomic E-state index is 3.92. The molecule has 0 N–H and O–H groups in total. The molecule has 0 saturated carbocycles. The molecule has 0 amide bonds. The van der Waals surface area contributed by atoms with Crippen LogP contribution in [-0.4, -0.2) is 11.1 Å². The van der Waals surface area contributed by atoms with Gasteiger partial charge in [0.2, 0.25) is 0 Å². The van der Waals surface area contributed by atoms with Crippen LogP contribution in [0.25, 0.3) is 17.2 Å². The van der Waals surface area contributed by atoms with Gasteiger partial charge >= 0.3 is 0 Å². The van der Waals surface area contributed by atoms with Crippen LogP contribution in [0.4, 0.5) is 5.69 Å². The predicted molar refractivity (Wildman–Crippen MR) is 204 cm³/mol. The van der Waals surface area contributed by atoms with Crippen LogP contribution in [0.2, 0.25) is 0 Å². The first-order valence-electron chi connectivity index (χ1n) is 17.0. The molecule has 1 heteroatoms. The average Bonchev–Trinajstić information content (AvgIpc) is 3.09. The molecular weight excluding hydrogens is 567 g/mol. The molecule has 0 aromatic heterocycles. The molecule has 0 aliphatic heterocycles. The molecule has 0 atom stereocenters. The van der Waals surface area contributed by atoms with Crippen LogP contribution in [0.15, 0.2) is 164 Å². The number of hydrogen-bond acceptors (Lipinski definition) is 1. The number of benzene rings is 4. The molecule has 0 radical (unpaired) electrons. The Bertz CT molecular complexity index is 1670. The first-order valence-corrected chi connectivity index (χ1v) is 17.0. The molecule has 0 spiro atoms. The minimum Gasteiger partial charge on any atom is -0.345 e. The van der Waals surface area contributed by atoms with Crippen molar-refractivity contribution in [3.63, 3.8) is 0 Å². The molecule has 0 saturated heterocycles. The monoisotopic (exact) mass is 615 g/mol. The summed E-state index contributed by atoms with van der Waals surface area (Å²) in [6, 6.07) is 39.5. The maximum Gasteiger partial charge on any atom is 0.0829 e. The maximum atomic E-state index is 3.92. The highest BCUT2D eigenvalue weighted by atomic mass is 15.3. The van der Waals surface area contributed by atoms with Crippen molar-refractivity contribution in [3.05, 3.63) is 181 Å². The Hall–Kier alpha value is -4.62. The first kappa shape index (κ1) is 32.3. The van der Waals surface area contributed by atoms with Gasteiger partial charge in [-0.2, -0.15) is 0 Å². The smallest absolute Gasteiger partial charge is 0.0829 e. The number of rotatable bonds is 7. The Morgan fingerprint density at radius 3 is 1.21 bits per heavy atom. The van der Waals surface area contributed by atoms with Gasteiger partial charge in [-0.05, 0) is 50.8 Å². The first-order chi connectivity index (χ1) is 22.5. The van der Waals surface area contributed by atoms with E-state index in [9.17, 15) is 0 Å². The summed E-state index contributed by atoms with van der Waals surface area (Å²) in [7, 11) is 0. The van der Waals surface area contributed by atoms with Gasteiger partial charge in [-0.15, -0.1) is 0 Å². The van der Waals surface area contributed by atoms with E-state index in [1.807, 2.05) is 6.08 Å². The zero-order valence-electron chi connectivity index (χ0n) is 28.9. The van der Waals surface area contributed by atoms with Crippen LogP contribution in [0, 0.1) is 10.8 Å². The molecule has 0 fully saturated rings. The standard InChI is InChI=1S/C46H49N/c1-8-35-19-21-38(22-20-35)39-23-25-42(26-24-39)47(45(43(2,3)4)31-27-40(28-32-45)36-15-11-9-12-16-36)46(44(5,6)7)33-29-41(30-34-46)37-17-13-10-14-18-37/h8-34,40-41H,1H2,2-7H3. The fourth-order valence-electron chi connectivity index (χ4n) is 7.35. The average molecular weight is 616 g/mol. The van der Waals surface area contributed by atoms with Crippen LogP contribution in [0.1, 0.15) is 70.1 Å². The van der Waals surface area contributed by atoms with Crippen LogP contribution in [0.5, 0.6) is 0 Å². The predicted octanol–water partition coefficient (Wildman–Crippen LogP) is 12.2. The molecule has 0 bridgehead atoms. The molecule has 0 unspecified atom stereocenters. The van der Waals surface area contributed by atoms with E-state index < -0.39 is 11.1 Å². The van der Waals surface area contributed by atoms with Crippen LogP contribution in [0.3, 0.4) is 0 Å². The van der Waals surface area contributed by atoms with Gasteiger partial charge in [-0.3, -0.25) is 0 Å². The van der Waals surface area contributed by atoms with E-state index in [1.165, 1.54) is 27.9 Å². The van der Waals surface area contributed by atoms with Crippen molar-refractivity contribution in [2.75, 3.05) is 4.90 Å².